The number of ether oxygens (including phenoxy) is 2. The van der Waals surface area contributed by atoms with Gasteiger partial charge in [0.2, 0.25) is 12.7 Å². The molecule has 0 spiro atoms. The fourth-order valence-electron chi connectivity index (χ4n) is 2.63. The van der Waals surface area contributed by atoms with Crippen molar-refractivity contribution in [3.63, 3.8) is 0 Å². The van der Waals surface area contributed by atoms with Gasteiger partial charge in [-0.25, -0.2) is 4.98 Å². The van der Waals surface area contributed by atoms with Gasteiger partial charge in [-0.1, -0.05) is 23.5 Å². The molecule has 0 saturated carbocycles. The van der Waals surface area contributed by atoms with Crippen molar-refractivity contribution in [2.75, 3.05) is 12.1 Å². The van der Waals surface area contributed by atoms with Crippen LogP contribution in [0.4, 0.5) is 18.3 Å². The van der Waals surface area contributed by atoms with E-state index in [-0.39, 0.29) is 29.8 Å². The van der Waals surface area contributed by atoms with E-state index < -0.39 is 11.7 Å². The number of aromatic nitrogens is 1. The zero-order valence-electron chi connectivity index (χ0n) is 13.1. The van der Waals surface area contributed by atoms with Crippen molar-refractivity contribution >= 4 is 32.6 Å². The first-order chi connectivity index (χ1) is 12.4. The van der Waals surface area contributed by atoms with E-state index >= 15 is 0 Å². The minimum atomic E-state index is -4.50. The fraction of sp³-hybridized carbons (Fsp3) is 0.176. The van der Waals surface area contributed by atoms with Crippen LogP contribution in [0.25, 0.3) is 10.2 Å². The summed E-state index contributed by atoms with van der Waals surface area (Å²) >= 11 is 0.999. The molecule has 1 aliphatic rings. The Bertz CT molecular complexity index is 1000. The number of hydrogen-bond acceptors (Lipinski definition) is 5. The number of hydrogen-bond donors (Lipinski definition) is 1. The molecule has 1 amide bonds. The zero-order valence-corrected chi connectivity index (χ0v) is 13.9. The van der Waals surface area contributed by atoms with Gasteiger partial charge < -0.3 is 14.8 Å². The quantitative estimate of drug-likeness (QED) is 0.739. The molecule has 5 nitrogen and oxygen atoms in total. The third kappa shape index (κ3) is 3.17. The third-order valence-corrected chi connectivity index (χ3v) is 4.71. The molecule has 26 heavy (non-hydrogen) atoms. The van der Waals surface area contributed by atoms with Gasteiger partial charge in [-0.3, -0.25) is 4.79 Å². The molecular formula is C17H11F3N2O3S. The second kappa shape index (κ2) is 6.17. The van der Waals surface area contributed by atoms with E-state index in [1.807, 2.05) is 0 Å². The first-order valence-corrected chi connectivity index (χ1v) is 8.37. The van der Waals surface area contributed by atoms with E-state index in [0.717, 1.165) is 17.4 Å². The van der Waals surface area contributed by atoms with Gasteiger partial charge in [-0.15, -0.1) is 0 Å². The standard InChI is InChI=1S/C17H11F3N2O3S/c18-17(19,20)10-2-1-3-13-15(10)22-16(26-13)21-14(23)7-9-4-5-11-12(6-9)25-8-24-11/h1-6H,7-8H2,(H,21,22,23). The molecule has 2 heterocycles. The number of alkyl halides is 3. The summed E-state index contributed by atoms with van der Waals surface area (Å²) in [5, 5.41) is 2.68. The van der Waals surface area contributed by atoms with Crippen molar-refractivity contribution in [3.05, 3.63) is 47.5 Å². The fourth-order valence-corrected chi connectivity index (χ4v) is 3.54. The Morgan fingerprint density at radius 1 is 1.19 bits per heavy atom. The van der Waals surface area contributed by atoms with Crippen molar-refractivity contribution in [2.24, 2.45) is 0 Å². The van der Waals surface area contributed by atoms with Crippen LogP contribution in [0.3, 0.4) is 0 Å². The number of halogens is 3. The number of carbonyl (C=O) groups excluding carboxylic acids is 1. The molecule has 0 bridgehead atoms. The maximum absolute atomic E-state index is 13.0. The van der Waals surface area contributed by atoms with Crippen molar-refractivity contribution < 1.29 is 27.4 Å². The summed E-state index contributed by atoms with van der Waals surface area (Å²) in [6, 6.07) is 8.96. The number of nitrogens with one attached hydrogen (secondary N) is 1. The van der Waals surface area contributed by atoms with E-state index in [4.69, 9.17) is 9.47 Å². The number of carbonyl (C=O) groups is 1. The van der Waals surface area contributed by atoms with Gasteiger partial charge >= 0.3 is 6.18 Å². The summed E-state index contributed by atoms with van der Waals surface area (Å²) in [5.41, 5.74) is -0.283. The Balaban J connectivity index is 1.53. The highest BCUT2D eigenvalue weighted by Crippen LogP contribution is 2.37. The molecule has 2 aromatic carbocycles. The van der Waals surface area contributed by atoms with Gasteiger partial charge in [0.25, 0.3) is 0 Å². The number of fused-ring (bicyclic) bond motifs is 2. The molecule has 0 radical (unpaired) electrons. The van der Waals surface area contributed by atoms with Crippen LogP contribution in [0, 0.1) is 0 Å². The number of para-hydroxylation sites is 1. The van der Waals surface area contributed by atoms with Crippen LogP contribution in [0.1, 0.15) is 11.1 Å². The van der Waals surface area contributed by atoms with Crippen molar-refractivity contribution in [1.82, 2.24) is 4.98 Å². The van der Waals surface area contributed by atoms with E-state index in [2.05, 4.69) is 10.3 Å². The largest absolute Gasteiger partial charge is 0.454 e. The Morgan fingerprint density at radius 2 is 2.00 bits per heavy atom. The second-order valence-corrected chi connectivity index (χ2v) is 6.61. The lowest BCUT2D eigenvalue weighted by Gasteiger charge is -2.06. The van der Waals surface area contributed by atoms with Gasteiger partial charge in [-0.2, -0.15) is 13.2 Å². The minimum absolute atomic E-state index is 0.0404. The SMILES string of the molecule is O=C(Cc1ccc2c(c1)OCO2)Nc1nc2c(C(F)(F)F)cccc2s1. The summed E-state index contributed by atoms with van der Waals surface area (Å²) in [6.07, 6.45) is -4.46. The number of rotatable bonds is 3. The van der Waals surface area contributed by atoms with E-state index in [1.54, 1.807) is 18.2 Å². The number of anilines is 1. The molecule has 4 rings (SSSR count). The molecular weight excluding hydrogens is 369 g/mol. The average Bonchev–Trinajstić information content (AvgIpc) is 3.18. The maximum Gasteiger partial charge on any atom is 0.418 e. The summed E-state index contributed by atoms with van der Waals surface area (Å²) < 4.78 is 49.9. The number of thiazole rings is 1. The lowest BCUT2D eigenvalue weighted by molar-refractivity contribution is -0.136. The smallest absolute Gasteiger partial charge is 0.418 e. The molecule has 3 aromatic rings. The minimum Gasteiger partial charge on any atom is -0.454 e. The summed E-state index contributed by atoms with van der Waals surface area (Å²) in [6.45, 7) is 0.137. The summed E-state index contributed by atoms with van der Waals surface area (Å²) in [4.78, 5) is 16.1. The normalized spacial score (nSPS) is 13.2. The topological polar surface area (TPSA) is 60.5 Å². The summed E-state index contributed by atoms with van der Waals surface area (Å²) in [7, 11) is 0. The molecule has 0 atom stereocenters. The molecule has 1 aromatic heterocycles. The maximum atomic E-state index is 13.0. The van der Waals surface area contributed by atoms with E-state index in [1.165, 1.54) is 12.1 Å². The van der Waals surface area contributed by atoms with Crippen LogP contribution in [-0.4, -0.2) is 17.7 Å². The number of benzene rings is 2. The predicted molar refractivity (Wildman–Crippen MR) is 89.5 cm³/mol. The lowest BCUT2D eigenvalue weighted by Crippen LogP contribution is -2.14. The number of amides is 1. The molecule has 0 fully saturated rings. The van der Waals surface area contributed by atoms with Gasteiger partial charge in [0.1, 0.15) is 0 Å². The highest BCUT2D eigenvalue weighted by molar-refractivity contribution is 7.22. The van der Waals surface area contributed by atoms with Crippen LogP contribution in [0.15, 0.2) is 36.4 Å². The molecule has 1 N–H and O–H groups in total. The van der Waals surface area contributed by atoms with Crippen LogP contribution in [0.2, 0.25) is 0 Å². The van der Waals surface area contributed by atoms with Crippen LogP contribution in [-0.2, 0) is 17.4 Å². The highest BCUT2D eigenvalue weighted by Gasteiger charge is 2.33. The molecule has 0 aliphatic carbocycles. The Labute approximate surface area is 149 Å². The highest BCUT2D eigenvalue weighted by atomic mass is 32.1. The van der Waals surface area contributed by atoms with E-state index in [0.29, 0.717) is 21.8 Å². The van der Waals surface area contributed by atoms with Gasteiger partial charge in [0.05, 0.1) is 22.2 Å². The van der Waals surface area contributed by atoms with Crippen molar-refractivity contribution in [2.45, 2.75) is 12.6 Å². The van der Waals surface area contributed by atoms with E-state index in [9.17, 15) is 18.0 Å². The Kier molecular flexibility index (Phi) is 3.95. The Morgan fingerprint density at radius 3 is 2.81 bits per heavy atom. The van der Waals surface area contributed by atoms with Crippen molar-refractivity contribution in [1.29, 1.82) is 0 Å². The second-order valence-electron chi connectivity index (χ2n) is 5.58. The molecule has 134 valence electrons. The Hall–Kier alpha value is -2.81. The van der Waals surface area contributed by atoms with Crippen LogP contribution >= 0.6 is 11.3 Å². The van der Waals surface area contributed by atoms with Gasteiger partial charge in [0.15, 0.2) is 16.6 Å². The monoisotopic (exact) mass is 380 g/mol. The molecule has 0 saturated heterocycles. The zero-order chi connectivity index (χ0) is 18.3. The predicted octanol–water partition coefficient (Wildman–Crippen LogP) is 4.23. The molecule has 0 unspecified atom stereocenters. The lowest BCUT2D eigenvalue weighted by atomic mass is 10.1. The molecule has 1 aliphatic heterocycles. The number of nitrogens with zero attached hydrogens (tertiary/aromatic N) is 1. The van der Waals surface area contributed by atoms with Crippen LogP contribution < -0.4 is 14.8 Å². The van der Waals surface area contributed by atoms with Crippen molar-refractivity contribution in [3.8, 4) is 11.5 Å². The summed E-state index contributed by atoms with van der Waals surface area (Å²) in [5.74, 6) is 0.793. The van der Waals surface area contributed by atoms with Gasteiger partial charge in [0, 0.05) is 0 Å². The van der Waals surface area contributed by atoms with Gasteiger partial charge in [-0.05, 0) is 29.8 Å². The molecule has 9 heteroatoms. The average molecular weight is 380 g/mol. The first-order valence-electron chi connectivity index (χ1n) is 7.55. The third-order valence-electron chi connectivity index (χ3n) is 3.77. The van der Waals surface area contributed by atoms with Crippen LogP contribution in [0.5, 0.6) is 11.5 Å². The first kappa shape index (κ1) is 16.6.